The van der Waals surface area contributed by atoms with Crippen molar-refractivity contribution in [2.24, 2.45) is 17.6 Å². The first-order valence-corrected chi connectivity index (χ1v) is 6.83. The minimum absolute atomic E-state index is 0.0371. The van der Waals surface area contributed by atoms with E-state index in [9.17, 15) is 9.59 Å². The Hall–Kier alpha value is -1.10. The molecule has 5 nitrogen and oxygen atoms in total. The molecule has 19 heavy (non-hydrogen) atoms. The predicted octanol–water partition coefficient (Wildman–Crippen LogP) is 1.71. The van der Waals surface area contributed by atoms with Gasteiger partial charge < -0.3 is 15.7 Å². The number of hydrogen-bond acceptors (Lipinski definition) is 3. The first-order chi connectivity index (χ1) is 8.59. The van der Waals surface area contributed by atoms with Crippen molar-refractivity contribution in [1.82, 2.24) is 4.90 Å². The first kappa shape index (κ1) is 17.9. The van der Waals surface area contributed by atoms with Crippen LogP contribution in [0.5, 0.6) is 0 Å². The minimum Gasteiger partial charge on any atom is -0.481 e. The topological polar surface area (TPSA) is 83.6 Å². The van der Waals surface area contributed by atoms with Crippen LogP contribution >= 0.6 is 0 Å². The summed E-state index contributed by atoms with van der Waals surface area (Å²) in [4.78, 5) is 24.9. The van der Waals surface area contributed by atoms with E-state index < -0.39 is 11.5 Å². The van der Waals surface area contributed by atoms with Gasteiger partial charge in [0.25, 0.3) is 0 Å². The zero-order valence-corrected chi connectivity index (χ0v) is 12.8. The van der Waals surface area contributed by atoms with Crippen molar-refractivity contribution in [1.29, 1.82) is 0 Å². The lowest BCUT2D eigenvalue weighted by molar-refractivity contribution is -0.143. The van der Waals surface area contributed by atoms with E-state index in [1.54, 1.807) is 4.90 Å². The lowest BCUT2D eigenvalue weighted by Crippen LogP contribution is -2.50. The average molecular weight is 272 g/mol. The van der Waals surface area contributed by atoms with Crippen molar-refractivity contribution in [3.63, 3.8) is 0 Å². The van der Waals surface area contributed by atoms with E-state index in [2.05, 4.69) is 13.8 Å². The van der Waals surface area contributed by atoms with Crippen LogP contribution in [0.25, 0.3) is 0 Å². The summed E-state index contributed by atoms with van der Waals surface area (Å²) in [6.07, 6.45) is 0.691. The van der Waals surface area contributed by atoms with Gasteiger partial charge in [-0.2, -0.15) is 0 Å². The van der Waals surface area contributed by atoms with Crippen LogP contribution in [0.1, 0.15) is 47.5 Å². The lowest BCUT2D eigenvalue weighted by Gasteiger charge is -2.38. The Morgan fingerprint density at radius 2 is 1.79 bits per heavy atom. The van der Waals surface area contributed by atoms with E-state index in [0.29, 0.717) is 12.5 Å². The van der Waals surface area contributed by atoms with Crippen molar-refractivity contribution in [2.45, 2.75) is 53.0 Å². The molecule has 0 aromatic heterocycles. The molecule has 0 aromatic rings. The predicted molar refractivity (Wildman–Crippen MR) is 75.7 cm³/mol. The maximum absolute atomic E-state index is 12.5. The molecule has 1 unspecified atom stereocenters. The summed E-state index contributed by atoms with van der Waals surface area (Å²) in [6.45, 7) is 10.4. The molecule has 0 aromatic carbocycles. The van der Waals surface area contributed by atoms with Gasteiger partial charge in [-0.1, -0.05) is 13.8 Å². The van der Waals surface area contributed by atoms with Gasteiger partial charge in [0.1, 0.15) is 0 Å². The van der Waals surface area contributed by atoms with Crippen molar-refractivity contribution in [2.75, 3.05) is 13.1 Å². The molecule has 112 valence electrons. The molecule has 5 heteroatoms. The zero-order chi connectivity index (χ0) is 15.2. The van der Waals surface area contributed by atoms with Crippen molar-refractivity contribution < 1.29 is 14.7 Å². The van der Waals surface area contributed by atoms with Gasteiger partial charge in [-0.05, 0) is 33.1 Å². The average Bonchev–Trinajstić information content (AvgIpc) is 2.23. The Morgan fingerprint density at radius 3 is 2.11 bits per heavy atom. The standard InChI is InChI=1S/C14H28N2O3/c1-10(2)8-11(9-15)13(19)16(14(3,4)5)7-6-12(17)18/h10-11H,6-9,15H2,1-5H3,(H,17,18). The smallest absolute Gasteiger partial charge is 0.305 e. The fourth-order valence-electron chi connectivity index (χ4n) is 2.07. The molecule has 0 spiro atoms. The third-order valence-corrected chi connectivity index (χ3v) is 3.01. The minimum atomic E-state index is -0.893. The number of carboxylic acid groups (broad SMARTS) is 1. The fraction of sp³-hybridized carbons (Fsp3) is 0.857. The third-order valence-electron chi connectivity index (χ3n) is 3.01. The normalized spacial score (nSPS) is 13.4. The number of carboxylic acids is 1. The molecule has 0 radical (unpaired) electrons. The van der Waals surface area contributed by atoms with E-state index in [4.69, 9.17) is 10.8 Å². The van der Waals surface area contributed by atoms with Crippen LogP contribution in [0.2, 0.25) is 0 Å². The highest BCUT2D eigenvalue weighted by Gasteiger charge is 2.31. The highest BCUT2D eigenvalue weighted by molar-refractivity contribution is 5.80. The van der Waals surface area contributed by atoms with Gasteiger partial charge in [-0.15, -0.1) is 0 Å². The number of carbonyl (C=O) groups is 2. The molecule has 3 N–H and O–H groups in total. The Labute approximate surface area is 116 Å². The molecule has 1 atom stereocenters. The molecular weight excluding hydrogens is 244 g/mol. The van der Waals surface area contributed by atoms with Crippen LogP contribution in [-0.4, -0.2) is 40.5 Å². The molecule has 0 fully saturated rings. The van der Waals surface area contributed by atoms with Gasteiger partial charge in [-0.25, -0.2) is 0 Å². The number of aliphatic carboxylic acids is 1. The Balaban J connectivity index is 4.92. The summed E-state index contributed by atoms with van der Waals surface area (Å²) in [5, 5.41) is 8.79. The highest BCUT2D eigenvalue weighted by atomic mass is 16.4. The van der Waals surface area contributed by atoms with Crippen LogP contribution in [0, 0.1) is 11.8 Å². The summed E-state index contributed by atoms with van der Waals surface area (Å²) >= 11 is 0. The molecule has 0 aliphatic heterocycles. The molecule has 0 heterocycles. The summed E-state index contributed by atoms with van der Waals surface area (Å²) in [6, 6.07) is 0. The van der Waals surface area contributed by atoms with E-state index in [-0.39, 0.29) is 24.8 Å². The maximum Gasteiger partial charge on any atom is 0.305 e. The first-order valence-electron chi connectivity index (χ1n) is 6.83. The number of hydrogen-bond donors (Lipinski definition) is 2. The van der Waals surface area contributed by atoms with Crippen LogP contribution < -0.4 is 5.73 Å². The fourth-order valence-corrected chi connectivity index (χ4v) is 2.07. The zero-order valence-electron chi connectivity index (χ0n) is 12.8. The van der Waals surface area contributed by atoms with E-state index in [1.165, 1.54) is 0 Å². The largest absolute Gasteiger partial charge is 0.481 e. The number of nitrogens with zero attached hydrogens (tertiary/aromatic N) is 1. The molecule has 0 rings (SSSR count). The van der Waals surface area contributed by atoms with Crippen LogP contribution in [0.15, 0.2) is 0 Å². The van der Waals surface area contributed by atoms with Gasteiger partial charge in [0.15, 0.2) is 0 Å². The van der Waals surface area contributed by atoms with Crippen LogP contribution in [-0.2, 0) is 9.59 Å². The quantitative estimate of drug-likeness (QED) is 0.739. The van der Waals surface area contributed by atoms with Gasteiger partial charge in [0, 0.05) is 18.6 Å². The van der Waals surface area contributed by atoms with Crippen molar-refractivity contribution >= 4 is 11.9 Å². The summed E-state index contributed by atoms with van der Waals surface area (Å²) in [5.74, 6) is -0.771. The van der Waals surface area contributed by atoms with Gasteiger partial charge in [0.05, 0.1) is 12.3 Å². The van der Waals surface area contributed by atoms with Crippen molar-refractivity contribution in [3.05, 3.63) is 0 Å². The molecule has 0 aliphatic carbocycles. The molecule has 0 aliphatic rings. The maximum atomic E-state index is 12.5. The molecule has 0 bridgehead atoms. The Morgan fingerprint density at radius 1 is 1.26 bits per heavy atom. The molecule has 0 saturated heterocycles. The summed E-state index contributed by atoms with van der Waals surface area (Å²) < 4.78 is 0. The lowest BCUT2D eigenvalue weighted by atomic mass is 9.93. The van der Waals surface area contributed by atoms with Crippen molar-refractivity contribution in [3.8, 4) is 0 Å². The van der Waals surface area contributed by atoms with E-state index in [1.807, 2.05) is 20.8 Å². The number of carbonyl (C=O) groups excluding carboxylic acids is 1. The number of amides is 1. The summed E-state index contributed by atoms with van der Waals surface area (Å²) in [5.41, 5.74) is 5.30. The number of rotatable bonds is 7. The van der Waals surface area contributed by atoms with E-state index in [0.717, 1.165) is 6.42 Å². The monoisotopic (exact) mass is 272 g/mol. The molecule has 0 saturated carbocycles. The Kier molecular flexibility index (Phi) is 7.05. The van der Waals surface area contributed by atoms with Crippen LogP contribution in [0.3, 0.4) is 0 Å². The summed E-state index contributed by atoms with van der Waals surface area (Å²) in [7, 11) is 0. The second kappa shape index (κ2) is 7.48. The SMILES string of the molecule is CC(C)CC(CN)C(=O)N(CCC(=O)O)C(C)(C)C. The third kappa shape index (κ3) is 6.57. The Bertz CT molecular complexity index is 308. The van der Waals surface area contributed by atoms with Crippen LogP contribution in [0.4, 0.5) is 0 Å². The number of nitrogens with two attached hydrogens (primary N) is 1. The molecular formula is C14H28N2O3. The van der Waals surface area contributed by atoms with Gasteiger partial charge >= 0.3 is 5.97 Å². The second-order valence-corrected chi connectivity index (χ2v) is 6.37. The van der Waals surface area contributed by atoms with Gasteiger partial charge in [0.2, 0.25) is 5.91 Å². The molecule has 1 amide bonds. The van der Waals surface area contributed by atoms with E-state index >= 15 is 0 Å². The highest BCUT2D eigenvalue weighted by Crippen LogP contribution is 2.21. The second-order valence-electron chi connectivity index (χ2n) is 6.37. The van der Waals surface area contributed by atoms with Gasteiger partial charge in [-0.3, -0.25) is 9.59 Å².